The molecule has 1 aromatic rings. The molecule has 116 valence electrons. The maximum atomic E-state index is 11.8. The molecule has 1 aliphatic carbocycles. The van der Waals surface area contributed by atoms with Crippen LogP contribution in [0.4, 0.5) is 10.5 Å². The molecule has 1 aromatic carbocycles. The highest BCUT2D eigenvalue weighted by atomic mass is 16.6. The van der Waals surface area contributed by atoms with Gasteiger partial charge >= 0.3 is 6.09 Å². The predicted molar refractivity (Wildman–Crippen MR) is 85.2 cm³/mol. The number of nitrogen functional groups attached to an aromatic ring is 1. The highest BCUT2D eigenvalue weighted by molar-refractivity contribution is 5.68. The average Bonchev–Trinajstić information content (AvgIpc) is 2.38. The van der Waals surface area contributed by atoms with Crippen molar-refractivity contribution < 1.29 is 9.53 Å². The number of hydrogen-bond acceptors (Lipinski definition) is 3. The number of rotatable bonds is 2. The van der Waals surface area contributed by atoms with Gasteiger partial charge in [0.25, 0.3) is 0 Å². The lowest BCUT2D eigenvalue weighted by Crippen LogP contribution is -2.40. The SMILES string of the molecule is CC(C)(C)OC(=O)NC1CCC(c2ccc(N)cc2)CC1. The first-order valence-corrected chi connectivity index (χ1v) is 7.68. The zero-order valence-electron chi connectivity index (χ0n) is 13.2. The molecule has 0 aliphatic heterocycles. The van der Waals surface area contributed by atoms with Crippen molar-refractivity contribution in [3.05, 3.63) is 29.8 Å². The molecule has 0 atom stereocenters. The lowest BCUT2D eigenvalue weighted by Gasteiger charge is -2.30. The third-order valence-electron chi connectivity index (χ3n) is 3.86. The van der Waals surface area contributed by atoms with E-state index in [-0.39, 0.29) is 12.1 Å². The Labute approximate surface area is 127 Å². The summed E-state index contributed by atoms with van der Waals surface area (Å²) in [5.41, 5.74) is 7.43. The lowest BCUT2D eigenvalue weighted by atomic mass is 9.82. The van der Waals surface area contributed by atoms with Gasteiger partial charge in [0.2, 0.25) is 0 Å². The molecule has 0 heterocycles. The summed E-state index contributed by atoms with van der Waals surface area (Å²) in [6, 6.07) is 8.37. The molecule has 1 fully saturated rings. The smallest absolute Gasteiger partial charge is 0.407 e. The van der Waals surface area contributed by atoms with Crippen LogP contribution in [0, 0.1) is 0 Å². The molecule has 1 amide bonds. The van der Waals surface area contributed by atoms with Crippen LogP contribution in [-0.2, 0) is 4.74 Å². The number of nitrogens with one attached hydrogen (secondary N) is 1. The van der Waals surface area contributed by atoms with Crippen molar-refractivity contribution in [3.8, 4) is 0 Å². The van der Waals surface area contributed by atoms with Crippen molar-refractivity contribution in [1.29, 1.82) is 0 Å². The van der Waals surface area contributed by atoms with E-state index in [9.17, 15) is 4.79 Å². The number of amides is 1. The standard InChI is InChI=1S/C17H26N2O2/c1-17(2,3)21-16(20)19-15-10-6-13(7-11-15)12-4-8-14(18)9-5-12/h4-5,8-9,13,15H,6-7,10-11,18H2,1-3H3,(H,19,20). The fourth-order valence-corrected chi connectivity index (χ4v) is 2.81. The maximum absolute atomic E-state index is 11.8. The minimum absolute atomic E-state index is 0.227. The van der Waals surface area contributed by atoms with Crippen LogP contribution in [0.25, 0.3) is 0 Å². The highest BCUT2D eigenvalue weighted by Crippen LogP contribution is 2.33. The molecule has 0 bridgehead atoms. The van der Waals surface area contributed by atoms with Gasteiger partial charge in [-0.3, -0.25) is 0 Å². The Kier molecular flexibility index (Phi) is 4.76. The van der Waals surface area contributed by atoms with E-state index in [2.05, 4.69) is 17.4 Å². The van der Waals surface area contributed by atoms with Gasteiger partial charge in [0.15, 0.2) is 0 Å². The Morgan fingerprint density at radius 3 is 2.24 bits per heavy atom. The second-order valence-electron chi connectivity index (χ2n) is 6.86. The quantitative estimate of drug-likeness (QED) is 0.814. The van der Waals surface area contributed by atoms with Crippen molar-refractivity contribution in [2.24, 2.45) is 0 Å². The van der Waals surface area contributed by atoms with E-state index in [4.69, 9.17) is 10.5 Å². The number of hydrogen-bond donors (Lipinski definition) is 2. The van der Waals surface area contributed by atoms with Crippen molar-refractivity contribution in [2.45, 2.75) is 64.0 Å². The maximum Gasteiger partial charge on any atom is 0.407 e. The second kappa shape index (κ2) is 6.37. The Hall–Kier alpha value is -1.71. The van der Waals surface area contributed by atoms with Gasteiger partial charge in [-0.05, 0) is 70.1 Å². The number of benzene rings is 1. The normalized spacial score (nSPS) is 22.6. The molecule has 0 saturated heterocycles. The van der Waals surface area contributed by atoms with E-state index in [1.165, 1.54) is 5.56 Å². The number of carbonyl (C=O) groups is 1. The molecule has 4 heteroatoms. The van der Waals surface area contributed by atoms with Gasteiger partial charge in [-0.15, -0.1) is 0 Å². The van der Waals surface area contributed by atoms with Crippen molar-refractivity contribution in [3.63, 3.8) is 0 Å². The average molecular weight is 290 g/mol. The molecule has 3 N–H and O–H groups in total. The fourth-order valence-electron chi connectivity index (χ4n) is 2.81. The summed E-state index contributed by atoms with van der Waals surface area (Å²) in [5.74, 6) is 0.572. The molecular formula is C17H26N2O2. The Bertz CT molecular complexity index is 469. The first-order chi connectivity index (χ1) is 9.83. The monoisotopic (exact) mass is 290 g/mol. The molecular weight excluding hydrogens is 264 g/mol. The van der Waals surface area contributed by atoms with E-state index in [1.54, 1.807) is 0 Å². The molecule has 0 radical (unpaired) electrons. The van der Waals surface area contributed by atoms with E-state index in [0.717, 1.165) is 31.4 Å². The van der Waals surface area contributed by atoms with Crippen LogP contribution in [0.2, 0.25) is 0 Å². The Balaban J connectivity index is 1.80. The van der Waals surface area contributed by atoms with Gasteiger partial charge in [0, 0.05) is 11.7 Å². The number of carbonyl (C=O) groups excluding carboxylic acids is 1. The summed E-state index contributed by atoms with van der Waals surface area (Å²) < 4.78 is 5.30. The van der Waals surface area contributed by atoms with Crippen molar-refractivity contribution in [2.75, 3.05) is 5.73 Å². The van der Waals surface area contributed by atoms with Crippen LogP contribution in [0.3, 0.4) is 0 Å². The predicted octanol–water partition coefficient (Wildman–Crippen LogP) is 3.82. The molecule has 0 unspecified atom stereocenters. The summed E-state index contributed by atoms with van der Waals surface area (Å²) in [7, 11) is 0. The number of alkyl carbamates (subject to hydrolysis) is 1. The summed E-state index contributed by atoms with van der Waals surface area (Å²) in [5, 5.41) is 2.98. The Morgan fingerprint density at radius 2 is 1.71 bits per heavy atom. The van der Waals surface area contributed by atoms with E-state index in [0.29, 0.717) is 5.92 Å². The van der Waals surface area contributed by atoms with Crippen LogP contribution in [-0.4, -0.2) is 17.7 Å². The number of ether oxygens (including phenoxy) is 1. The van der Waals surface area contributed by atoms with Gasteiger partial charge < -0.3 is 15.8 Å². The summed E-state index contributed by atoms with van der Waals surface area (Å²) in [4.78, 5) is 11.8. The molecule has 2 rings (SSSR count). The van der Waals surface area contributed by atoms with Crippen molar-refractivity contribution in [1.82, 2.24) is 5.32 Å². The second-order valence-corrected chi connectivity index (χ2v) is 6.86. The molecule has 21 heavy (non-hydrogen) atoms. The third-order valence-corrected chi connectivity index (χ3v) is 3.86. The molecule has 0 aromatic heterocycles. The van der Waals surface area contributed by atoms with Gasteiger partial charge in [0.05, 0.1) is 0 Å². The fraction of sp³-hybridized carbons (Fsp3) is 0.588. The van der Waals surface area contributed by atoms with Crippen LogP contribution >= 0.6 is 0 Å². The minimum atomic E-state index is -0.439. The van der Waals surface area contributed by atoms with Crippen LogP contribution in [0.1, 0.15) is 57.9 Å². The zero-order chi connectivity index (χ0) is 15.5. The molecule has 1 aliphatic rings. The minimum Gasteiger partial charge on any atom is -0.444 e. The first-order valence-electron chi connectivity index (χ1n) is 7.68. The number of anilines is 1. The largest absolute Gasteiger partial charge is 0.444 e. The summed E-state index contributed by atoms with van der Waals surface area (Å²) in [6.07, 6.45) is 3.86. The van der Waals surface area contributed by atoms with Gasteiger partial charge in [-0.2, -0.15) is 0 Å². The first kappa shape index (κ1) is 15.7. The molecule has 4 nitrogen and oxygen atoms in total. The topological polar surface area (TPSA) is 64.3 Å². The summed E-state index contributed by atoms with van der Waals surface area (Å²) >= 11 is 0. The molecule has 1 saturated carbocycles. The van der Waals surface area contributed by atoms with E-state index >= 15 is 0 Å². The summed E-state index contributed by atoms with van der Waals surface area (Å²) in [6.45, 7) is 5.64. The third kappa shape index (κ3) is 4.96. The van der Waals surface area contributed by atoms with E-state index in [1.807, 2.05) is 32.9 Å². The number of nitrogens with two attached hydrogens (primary N) is 1. The van der Waals surface area contributed by atoms with Gasteiger partial charge in [-0.25, -0.2) is 4.79 Å². The van der Waals surface area contributed by atoms with Gasteiger partial charge in [0.1, 0.15) is 5.60 Å². The molecule has 0 spiro atoms. The van der Waals surface area contributed by atoms with E-state index < -0.39 is 5.60 Å². The lowest BCUT2D eigenvalue weighted by molar-refractivity contribution is 0.0491. The van der Waals surface area contributed by atoms with Crippen LogP contribution in [0.5, 0.6) is 0 Å². The highest BCUT2D eigenvalue weighted by Gasteiger charge is 2.25. The zero-order valence-corrected chi connectivity index (χ0v) is 13.2. The van der Waals surface area contributed by atoms with Crippen molar-refractivity contribution >= 4 is 11.8 Å². The van der Waals surface area contributed by atoms with Gasteiger partial charge in [-0.1, -0.05) is 12.1 Å². The van der Waals surface area contributed by atoms with Crippen LogP contribution in [0.15, 0.2) is 24.3 Å². The van der Waals surface area contributed by atoms with Crippen LogP contribution < -0.4 is 11.1 Å². The Morgan fingerprint density at radius 1 is 1.14 bits per heavy atom.